The molecular formula is C17H16ClN. The normalized spacial score (nSPS) is 11.5. The van der Waals surface area contributed by atoms with Gasteiger partial charge in [-0.25, -0.2) is 0 Å². The summed E-state index contributed by atoms with van der Waals surface area (Å²) in [6.45, 7) is 2.73. The molecule has 0 saturated heterocycles. The zero-order valence-corrected chi connectivity index (χ0v) is 11.6. The zero-order valence-electron chi connectivity index (χ0n) is 10.9. The summed E-state index contributed by atoms with van der Waals surface area (Å²) < 4.78 is 0. The average Bonchev–Trinajstić information content (AvgIpc) is 2.45. The lowest BCUT2D eigenvalue weighted by atomic mass is 10.1. The van der Waals surface area contributed by atoms with Crippen LogP contribution in [0.25, 0.3) is 0 Å². The first kappa shape index (κ1) is 13.7. The molecular weight excluding hydrogens is 254 g/mol. The first-order chi connectivity index (χ1) is 9.27. The minimum atomic E-state index is 0.193. The Balaban J connectivity index is 1.90. The predicted molar refractivity (Wildman–Crippen MR) is 81.2 cm³/mol. The van der Waals surface area contributed by atoms with Crippen molar-refractivity contribution in [2.24, 2.45) is 0 Å². The van der Waals surface area contributed by atoms with Gasteiger partial charge in [0, 0.05) is 16.6 Å². The van der Waals surface area contributed by atoms with Crippen molar-refractivity contribution in [3.05, 3.63) is 70.7 Å². The van der Waals surface area contributed by atoms with Crippen LogP contribution in [0, 0.1) is 11.8 Å². The summed E-state index contributed by atoms with van der Waals surface area (Å²) in [4.78, 5) is 0. The van der Waals surface area contributed by atoms with Gasteiger partial charge in [-0.15, -0.1) is 0 Å². The quantitative estimate of drug-likeness (QED) is 0.829. The monoisotopic (exact) mass is 269 g/mol. The second kappa shape index (κ2) is 6.99. The maximum Gasteiger partial charge on any atom is 0.0584 e. The minimum absolute atomic E-state index is 0.193. The first-order valence-electron chi connectivity index (χ1n) is 6.29. The van der Waals surface area contributed by atoms with Gasteiger partial charge in [-0.3, -0.25) is 5.32 Å². The highest BCUT2D eigenvalue weighted by Gasteiger charge is 2.06. The molecule has 0 spiro atoms. The maximum atomic E-state index is 6.15. The fourth-order valence-corrected chi connectivity index (χ4v) is 2.11. The Morgan fingerprint density at radius 1 is 1.05 bits per heavy atom. The molecule has 0 aliphatic rings. The Morgan fingerprint density at radius 2 is 1.74 bits per heavy atom. The second-order valence-electron chi connectivity index (χ2n) is 4.29. The molecule has 0 saturated carbocycles. The van der Waals surface area contributed by atoms with Crippen LogP contribution in [0.3, 0.4) is 0 Å². The van der Waals surface area contributed by atoms with Gasteiger partial charge < -0.3 is 0 Å². The number of halogens is 1. The molecule has 19 heavy (non-hydrogen) atoms. The summed E-state index contributed by atoms with van der Waals surface area (Å²) in [6.07, 6.45) is 0. The standard InChI is InChI=1S/C17H16ClN/c1-14(16-11-5-6-12-17(16)18)19-13-7-10-15-8-3-2-4-9-15/h2-6,8-9,11-12,14,19H,13H2,1H3/t14-/m1/s1. The van der Waals surface area contributed by atoms with Crippen LogP contribution in [0.1, 0.15) is 24.1 Å². The van der Waals surface area contributed by atoms with E-state index in [1.54, 1.807) is 0 Å². The molecule has 0 fully saturated rings. The van der Waals surface area contributed by atoms with E-state index in [0.717, 1.165) is 16.1 Å². The van der Waals surface area contributed by atoms with E-state index in [1.165, 1.54) is 0 Å². The fourth-order valence-electron chi connectivity index (χ4n) is 1.81. The summed E-state index contributed by atoms with van der Waals surface area (Å²) in [5, 5.41) is 4.14. The summed E-state index contributed by atoms with van der Waals surface area (Å²) >= 11 is 6.15. The largest absolute Gasteiger partial charge is 0.300 e. The molecule has 2 aromatic rings. The smallest absolute Gasteiger partial charge is 0.0584 e. The van der Waals surface area contributed by atoms with Crippen molar-refractivity contribution >= 4 is 11.6 Å². The molecule has 1 N–H and O–H groups in total. The van der Waals surface area contributed by atoms with Gasteiger partial charge in [0.05, 0.1) is 6.54 Å². The lowest BCUT2D eigenvalue weighted by Gasteiger charge is -2.13. The summed E-state index contributed by atoms with van der Waals surface area (Å²) in [5.74, 6) is 6.24. The van der Waals surface area contributed by atoms with Crippen molar-refractivity contribution in [3.8, 4) is 11.8 Å². The van der Waals surface area contributed by atoms with Crippen molar-refractivity contribution in [2.75, 3.05) is 6.54 Å². The molecule has 0 aromatic heterocycles. The Bertz CT molecular complexity index is 581. The van der Waals surface area contributed by atoms with Crippen molar-refractivity contribution in [2.45, 2.75) is 13.0 Å². The van der Waals surface area contributed by atoms with E-state index in [1.807, 2.05) is 54.6 Å². The minimum Gasteiger partial charge on any atom is -0.300 e. The van der Waals surface area contributed by atoms with E-state index >= 15 is 0 Å². The van der Waals surface area contributed by atoms with Crippen LogP contribution in [0.4, 0.5) is 0 Å². The van der Waals surface area contributed by atoms with Crippen LogP contribution in [-0.2, 0) is 0 Å². The molecule has 0 aliphatic carbocycles. The van der Waals surface area contributed by atoms with Gasteiger partial charge in [-0.05, 0) is 30.7 Å². The van der Waals surface area contributed by atoms with Gasteiger partial charge in [0.2, 0.25) is 0 Å². The SMILES string of the molecule is C[C@@H](NCC#Cc1ccccc1)c1ccccc1Cl. The number of nitrogens with one attached hydrogen (secondary N) is 1. The Kier molecular flexibility index (Phi) is 5.03. The molecule has 96 valence electrons. The number of rotatable bonds is 3. The summed E-state index contributed by atoms with van der Waals surface area (Å²) in [6, 6.07) is 18.0. The van der Waals surface area contributed by atoms with Gasteiger partial charge in [0.25, 0.3) is 0 Å². The molecule has 0 unspecified atom stereocenters. The summed E-state index contributed by atoms with van der Waals surface area (Å²) in [5.41, 5.74) is 2.14. The van der Waals surface area contributed by atoms with Crippen LogP contribution in [0.5, 0.6) is 0 Å². The molecule has 0 aliphatic heterocycles. The van der Waals surface area contributed by atoms with Gasteiger partial charge >= 0.3 is 0 Å². The van der Waals surface area contributed by atoms with Crippen LogP contribution in [0.2, 0.25) is 5.02 Å². The summed E-state index contributed by atoms with van der Waals surface area (Å²) in [7, 11) is 0. The Morgan fingerprint density at radius 3 is 2.47 bits per heavy atom. The van der Waals surface area contributed by atoms with Gasteiger partial charge in [0.15, 0.2) is 0 Å². The average molecular weight is 270 g/mol. The van der Waals surface area contributed by atoms with Crippen molar-refractivity contribution in [1.29, 1.82) is 0 Å². The highest BCUT2D eigenvalue weighted by Crippen LogP contribution is 2.21. The van der Waals surface area contributed by atoms with Crippen LogP contribution in [-0.4, -0.2) is 6.54 Å². The molecule has 0 amide bonds. The molecule has 1 nitrogen and oxygen atoms in total. The maximum absolute atomic E-state index is 6.15. The molecule has 2 aromatic carbocycles. The molecule has 2 heteroatoms. The van der Waals surface area contributed by atoms with E-state index in [9.17, 15) is 0 Å². The third-order valence-corrected chi connectivity index (χ3v) is 3.22. The van der Waals surface area contributed by atoms with E-state index in [2.05, 4.69) is 24.1 Å². The van der Waals surface area contributed by atoms with Gasteiger partial charge in [0.1, 0.15) is 0 Å². The molecule has 2 rings (SSSR count). The van der Waals surface area contributed by atoms with E-state index in [-0.39, 0.29) is 6.04 Å². The van der Waals surface area contributed by atoms with Crippen molar-refractivity contribution in [1.82, 2.24) is 5.32 Å². The van der Waals surface area contributed by atoms with Gasteiger partial charge in [-0.1, -0.05) is 59.8 Å². The molecule has 0 bridgehead atoms. The Hall–Kier alpha value is -1.75. The fraction of sp³-hybridized carbons (Fsp3) is 0.176. The predicted octanol–water partition coefficient (Wildman–Crippen LogP) is 4.04. The second-order valence-corrected chi connectivity index (χ2v) is 4.70. The highest BCUT2D eigenvalue weighted by molar-refractivity contribution is 6.31. The number of benzene rings is 2. The van der Waals surface area contributed by atoms with Crippen molar-refractivity contribution < 1.29 is 0 Å². The lowest BCUT2D eigenvalue weighted by molar-refractivity contribution is 0.623. The van der Waals surface area contributed by atoms with Crippen LogP contribution in [0.15, 0.2) is 54.6 Å². The third kappa shape index (κ3) is 4.13. The zero-order chi connectivity index (χ0) is 13.5. The Labute approximate surface area is 119 Å². The van der Waals surface area contributed by atoms with Gasteiger partial charge in [-0.2, -0.15) is 0 Å². The third-order valence-electron chi connectivity index (χ3n) is 2.87. The highest BCUT2D eigenvalue weighted by atomic mass is 35.5. The van der Waals surface area contributed by atoms with E-state index < -0.39 is 0 Å². The molecule has 0 heterocycles. The molecule has 0 radical (unpaired) electrons. The first-order valence-corrected chi connectivity index (χ1v) is 6.67. The van der Waals surface area contributed by atoms with Crippen LogP contribution >= 0.6 is 11.6 Å². The number of hydrogen-bond acceptors (Lipinski definition) is 1. The number of hydrogen-bond donors (Lipinski definition) is 1. The van der Waals surface area contributed by atoms with Crippen LogP contribution < -0.4 is 5.32 Å². The topological polar surface area (TPSA) is 12.0 Å². The molecule has 1 atom stereocenters. The van der Waals surface area contributed by atoms with E-state index in [4.69, 9.17) is 11.6 Å². The van der Waals surface area contributed by atoms with Crippen molar-refractivity contribution in [3.63, 3.8) is 0 Å². The van der Waals surface area contributed by atoms with E-state index in [0.29, 0.717) is 6.54 Å². The lowest BCUT2D eigenvalue weighted by Crippen LogP contribution is -2.19.